The molecule has 0 spiro atoms. The molecule has 0 bridgehead atoms. The minimum atomic E-state index is -3.35. The Morgan fingerprint density at radius 3 is 2.53 bits per heavy atom. The Kier molecular flexibility index (Phi) is 5.28. The highest BCUT2D eigenvalue weighted by atomic mass is 32.2. The van der Waals surface area contributed by atoms with Crippen LogP contribution in [0.2, 0.25) is 0 Å². The van der Waals surface area contributed by atoms with E-state index < -0.39 is 10.0 Å². The van der Waals surface area contributed by atoms with Crippen LogP contribution in [0.1, 0.15) is 32.6 Å². The first kappa shape index (κ1) is 13.8. The van der Waals surface area contributed by atoms with Crippen LogP contribution in [0.25, 0.3) is 0 Å². The summed E-state index contributed by atoms with van der Waals surface area (Å²) in [5, 5.41) is 9.46. The van der Waals surface area contributed by atoms with E-state index in [2.05, 4.69) is 11.6 Å². The molecule has 0 heterocycles. The van der Waals surface area contributed by atoms with Gasteiger partial charge in [0.1, 0.15) is 5.75 Å². The standard InChI is InChI=1S/C12H19NO3S/c1-2-3-4-7-10-17(15,16)13-11-8-5-6-9-12(11)14/h5-6,8-9,13-14H,2-4,7,10H2,1H3. The molecule has 0 aliphatic rings. The van der Waals surface area contributed by atoms with Crippen molar-refractivity contribution in [3.8, 4) is 5.75 Å². The van der Waals surface area contributed by atoms with Gasteiger partial charge in [0.05, 0.1) is 11.4 Å². The van der Waals surface area contributed by atoms with Gasteiger partial charge in [0.2, 0.25) is 10.0 Å². The van der Waals surface area contributed by atoms with E-state index in [1.807, 2.05) is 0 Å². The number of anilines is 1. The molecule has 0 aliphatic carbocycles. The summed E-state index contributed by atoms with van der Waals surface area (Å²) < 4.78 is 25.8. The molecule has 0 aromatic heterocycles. The average Bonchev–Trinajstić information content (AvgIpc) is 2.28. The number of aromatic hydroxyl groups is 1. The van der Waals surface area contributed by atoms with E-state index in [4.69, 9.17) is 0 Å². The third-order valence-electron chi connectivity index (χ3n) is 2.44. The van der Waals surface area contributed by atoms with Crippen molar-refractivity contribution in [1.82, 2.24) is 0 Å². The maximum absolute atomic E-state index is 11.7. The second-order valence-electron chi connectivity index (χ2n) is 4.00. The van der Waals surface area contributed by atoms with Gasteiger partial charge < -0.3 is 5.11 Å². The van der Waals surface area contributed by atoms with Crippen molar-refractivity contribution >= 4 is 15.7 Å². The van der Waals surface area contributed by atoms with Crippen LogP contribution in [0.3, 0.4) is 0 Å². The third-order valence-corrected chi connectivity index (χ3v) is 3.79. The molecule has 0 saturated heterocycles. The Labute approximate surface area is 103 Å². The van der Waals surface area contributed by atoms with Crippen LogP contribution in [-0.4, -0.2) is 19.3 Å². The summed E-state index contributed by atoms with van der Waals surface area (Å²) >= 11 is 0. The van der Waals surface area contributed by atoms with E-state index in [1.54, 1.807) is 18.2 Å². The molecule has 0 atom stereocenters. The molecule has 0 saturated carbocycles. The first-order valence-corrected chi connectivity index (χ1v) is 7.49. The highest BCUT2D eigenvalue weighted by Gasteiger charge is 2.11. The Bertz CT molecular complexity index is 443. The quantitative estimate of drug-likeness (QED) is 0.583. The summed E-state index contributed by atoms with van der Waals surface area (Å²) in [6, 6.07) is 6.32. The van der Waals surface area contributed by atoms with E-state index in [0.29, 0.717) is 6.42 Å². The monoisotopic (exact) mass is 257 g/mol. The molecule has 0 aliphatic heterocycles. The van der Waals surface area contributed by atoms with Gasteiger partial charge in [-0.1, -0.05) is 38.3 Å². The highest BCUT2D eigenvalue weighted by molar-refractivity contribution is 7.92. The van der Waals surface area contributed by atoms with Crippen LogP contribution >= 0.6 is 0 Å². The van der Waals surface area contributed by atoms with E-state index in [1.165, 1.54) is 6.07 Å². The summed E-state index contributed by atoms with van der Waals surface area (Å²) in [6.07, 6.45) is 3.69. The zero-order chi connectivity index (χ0) is 12.7. The Hall–Kier alpha value is -1.23. The van der Waals surface area contributed by atoms with E-state index in [-0.39, 0.29) is 17.2 Å². The molecule has 2 N–H and O–H groups in total. The molecule has 1 rings (SSSR count). The lowest BCUT2D eigenvalue weighted by molar-refractivity contribution is 0.477. The van der Waals surface area contributed by atoms with Gasteiger partial charge in [-0.25, -0.2) is 8.42 Å². The number of nitrogens with one attached hydrogen (secondary N) is 1. The molecule has 96 valence electrons. The minimum absolute atomic E-state index is 0.0513. The second-order valence-corrected chi connectivity index (χ2v) is 5.84. The average molecular weight is 257 g/mol. The summed E-state index contributed by atoms with van der Waals surface area (Å²) in [4.78, 5) is 0. The molecular formula is C12H19NO3S. The maximum atomic E-state index is 11.7. The van der Waals surface area contributed by atoms with Crippen LogP contribution in [-0.2, 0) is 10.0 Å². The maximum Gasteiger partial charge on any atom is 0.232 e. The second kappa shape index (κ2) is 6.49. The zero-order valence-electron chi connectivity index (χ0n) is 10.0. The van der Waals surface area contributed by atoms with E-state index >= 15 is 0 Å². The van der Waals surface area contributed by atoms with Crippen molar-refractivity contribution in [2.24, 2.45) is 0 Å². The van der Waals surface area contributed by atoms with Crippen molar-refractivity contribution in [2.45, 2.75) is 32.6 Å². The number of sulfonamides is 1. The van der Waals surface area contributed by atoms with Gasteiger partial charge in [0.25, 0.3) is 0 Å². The van der Waals surface area contributed by atoms with Crippen molar-refractivity contribution in [1.29, 1.82) is 0 Å². The number of hydrogen-bond acceptors (Lipinski definition) is 3. The lowest BCUT2D eigenvalue weighted by atomic mass is 10.2. The van der Waals surface area contributed by atoms with Crippen LogP contribution in [0, 0.1) is 0 Å². The smallest absolute Gasteiger partial charge is 0.232 e. The number of hydrogen-bond donors (Lipinski definition) is 2. The summed E-state index contributed by atoms with van der Waals surface area (Å²) in [7, 11) is -3.35. The predicted molar refractivity (Wildman–Crippen MR) is 69.7 cm³/mol. The topological polar surface area (TPSA) is 66.4 Å². The Balaban J connectivity index is 2.52. The number of phenols is 1. The number of para-hydroxylation sites is 2. The number of benzene rings is 1. The highest BCUT2D eigenvalue weighted by Crippen LogP contribution is 2.22. The zero-order valence-corrected chi connectivity index (χ0v) is 10.8. The fraction of sp³-hybridized carbons (Fsp3) is 0.500. The molecule has 5 heteroatoms. The Morgan fingerprint density at radius 2 is 1.88 bits per heavy atom. The van der Waals surface area contributed by atoms with Gasteiger partial charge in [-0.05, 0) is 18.6 Å². The molecule has 1 aromatic rings. The van der Waals surface area contributed by atoms with Crippen LogP contribution in [0.15, 0.2) is 24.3 Å². The van der Waals surface area contributed by atoms with Crippen LogP contribution in [0.4, 0.5) is 5.69 Å². The SMILES string of the molecule is CCCCCCS(=O)(=O)Nc1ccccc1O. The minimum Gasteiger partial charge on any atom is -0.506 e. The van der Waals surface area contributed by atoms with E-state index in [0.717, 1.165) is 19.3 Å². The molecule has 4 nitrogen and oxygen atoms in total. The summed E-state index contributed by atoms with van der Waals surface area (Å²) in [5.74, 6) is 0.0473. The van der Waals surface area contributed by atoms with Gasteiger partial charge in [-0.15, -0.1) is 0 Å². The normalized spacial score (nSPS) is 11.4. The van der Waals surface area contributed by atoms with Crippen molar-refractivity contribution in [3.63, 3.8) is 0 Å². The first-order chi connectivity index (χ1) is 8.05. The van der Waals surface area contributed by atoms with Gasteiger partial charge >= 0.3 is 0 Å². The van der Waals surface area contributed by atoms with Gasteiger partial charge in [-0.2, -0.15) is 0 Å². The molecule has 0 radical (unpaired) electrons. The molecule has 0 unspecified atom stereocenters. The van der Waals surface area contributed by atoms with Crippen molar-refractivity contribution < 1.29 is 13.5 Å². The van der Waals surface area contributed by atoms with Gasteiger partial charge in [-0.3, -0.25) is 4.72 Å². The van der Waals surface area contributed by atoms with E-state index in [9.17, 15) is 13.5 Å². The van der Waals surface area contributed by atoms with Crippen LogP contribution in [0.5, 0.6) is 5.75 Å². The Morgan fingerprint density at radius 1 is 1.18 bits per heavy atom. The summed E-state index contributed by atoms with van der Waals surface area (Å²) in [6.45, 7) is 2.08. The third kappa shape index (κ3) is 5.08. The van der Waals surface area contributed by atoms with Crippen LogP contribution < -0.4 is 4.72 Å². The fourth-order valence-corrected chi connectivity index (χ4v) is 2.69. The van der Waals surface area contributed by atoms with Gasteiger partial charge in [0.15, 0.2) is 0 Å². The largest absolute Gasteiger partial charge is 0.506 e. The fourth-order valence-electron chi connectivity index (χ4n) is 1.50. The molecule has 1 aromatic carbocycles. The first-order valence-electron chi connectivity index (χ1n) is 5.83. The van der Waals surface area contributed by atoms with Crippen molar-refractivity contribution in [3.05, 3.63) is 24.3 Å². The molecule has 17 heavy (non-hydrogen) atoms. The number of phenolic OH excluding ortho intramolecular Hbond substituents is 1. The number of unbranched alkanes of at least 4 members (excludes halogenated alkanes) is 3. The lowest BCUT2D eigenvalue weighted by Gasteiger charge is -2.08. The number of rotatable bonds is 7. The predicted octanol–water partition coefficient (Wildman–Crippen LogP) is 2.71. The lowest BCUT2D eigenvalue weighted by Crippen LogP contribution is -2.16. The van der Waals surface area contributed by atoms with Crippen molar-refractivity contribution in [2.75, 3.05) is 10.5 Å². The molecular weight excluding hydrogens is 238 g/mol. The van der Waals surface area contributed by atoms with Gasteiger partial charge in [0, 0.05) is 0 Å². The molecule has 0 fully saturated rings. The summed E-state index contributed by atoms with van der Waals surface area (Å²) in [5.41, 5.74) is 0.239. The molecule has 0 amide bonds.